The quantitative estimate of drug-likeness (QED) is 0.462. The van der Waals surface area contributed by atoms with Gasteiger partial charge in [-0.15, -0.1) is 5.10 Å². The number of ether oxygens (including phenoxy) is 1. The molecule has 0 saturated carbocycles. The maximum Gasteiger partial charge on any atom is 0.434 e. The monoisotopic (exact) mass is 511 g/mol. The van der Waals surface area contributed by atoms with Gasteiger partial charge in [0.05, 0.1) is 12.2 Å². The normalized spacial score (nSPS) is 19.8. The third-order valence-corrected chi connectivity index (χ3v) is 7.91. The number of rotatable bonds is 6. The third kappa shape index (κ3) is 4.36. The van der Waals surface area contributed by atoms with Crippen LogP contribution in [0.3, 0.4) is 0 Å². The van der Waals surface area contributed by atoms with Crippen LogP contribution in [0.15, 0.2) is 44.4 Å². The summed E-state index contributed by atoms with van der Waals surface area (Å²) in [5.74, 6) is -2.65. The maximum absolute atomic E-state index is 14.8. The lowest BCUT2D eigenvalue weighted by Gasteiger charge is -2.32. The number of halogens is 2. The minimum Gasteiger partial charge on any atom is -0.492 e. The Kier molecular flexibility index (Phi) is 6.32. The standard InChI is InChI=1S/C22H23ClFN3O6S/c1-11-14(23)7-8-15(24)17(11)12(2)18(20-25-26-21(28)33-20)27-34(30,31)16-6-4-5-13-19(16)32-10-9-22(13,3)29/h4-8,12,18,27,29H,9-10H2,1-3H3,(H,26,28)/t12-,18+,22?/m1/s1. The van der Waals surface area contributed by atoms with E-state index in [1.54, 1.807) is 26.8 Å². The van der Waals surface area contributed by atoms with Crippen LogP contribution < -0.4 is 15.2 Å². The lowest BCUT2D eigenvalue weighted by atomic mass is 9.90. The summed E-state index contributed by atoms with van der Waals surface area (Å²) < 4.78 is 55.0. The first kappa shape index (κ1) is 24.4. The van der Waals surface area contributed by atoms with E-state index in [4.69, 9.17) is 20.8 Å². The minimum atomic E-state index is -4.34. The molecular weight excluding hydrogens is 489 g/mol. The van der Waals surface area contributed by atoms with E-state index in [9.17, 15) is 22.7 Å². The molecule has 0 radical (unpaired) electrons. The van der Waals surface area contributed by atoms with Gasteiger partial charge >= 0.3 is 5.76 Å². The van der Waals surface area contributed by atoms with Gasteiger partial charge in [-0.05, 0) is 43.2 Å². The van der Waals surface area contributed by atoms with Crippen molar-refractivity contribution in [2.24, 2.45) is 0 Å². The summed E-state index contributed by atoms with van der Waals surface area (Å²) in [4.78, 5) is 11.4. The number of nitrogens with zero attached hydrogens (tertiary/aromatic N) is 1. The average Bonchev–Trinajstić information content (AvgIpc) is 3.20. The van der Waals surface area contributed by atoms with Crippen LogP contribution in [0.1, 0.15) is 54.8 Å². The largest absolute Gasteiger partial charge is 0.492 e. The third-order valence-electron chi connectivity index (χ3n) is 6.04. The molecule has 182 valence electrons. The Morgan fingerprint density at radius 1 is 1.32 bits per heavy atom. The van der Waals surface area contributed by atoms with Crippen molar-refractivity contribution in [3.05, 3.63) is 74.3 Å². The van der Waals surface area contributed by atoms with Crippen molar-refractivity contribution < 1.29 is 27.1 Å². The molecule has 34 heavy (non-hydrogen) atoms. The number of fused-ring (bicyclic) bond motifs is 1. The molecule has 2 heterocycles. The number of hydrogen-bond acceptors (Lipinski definition) is 7. The van der Waals surface area contributed by atoms with Crippen LogP contribution in [-0.4, -0.2) is 30.3 Å². The van der Waals surface area contributed by atoms with Crippen LogP contribution in [0.4, 0.5) is 4.39 Å². The summed E-state index contributed by atoms with van der Waals surface area (Å²) in [5.41, 5.74) is -0.399. The van der Waals surface area contributed by atoms with Crippen LogP contribution in [0.25, 0.3) is 0 Å². The van der Waals surface area contributed by atoms with Crippen molar-refractivity contribution in [3.63, 3.8) is 0 Å². The summed E-state index contributed by atoms with van der Waals surface area (Å²) in [7, 11) is -4.34. The SMILES string of the molecule is Cc1c(Cl)ccc(F)c1[C@@H](C)[C@H](NS(=O)(=O)c1cccc2c1OCCC2(C)O)c1n[nH]c(=O)o1. The molecule has 1 aliphatic rings. The highest BCUT2D eigenvalue weighted by molar-refractivity contribution is 7.89. The molecule has 0 saturated heterocycles. The van der Waals surface area contributed by atoms with E-state index in [1.807, 2.05) is 0 Å². The van der Waals surface area contributed by atoms with E-state index < -0.39 is 39.2 Å². The average molecular weight is 512 g/mol. The summed E-state index contributed by atoms with van der Waals surface area (Å²) >= 11 is 6.18. The Hall–Kier alpha value is -2.73. The Morgan fingerprint density at radius 3 is 2.74 bits per heavy atom. The first-order valence-corrected chi connectivity index (χ1v) is 12.3. The van der Waals surface area contributed by atoms with Crippen molar-refractivity contribution >= 4 is 21.6 Å². The fourth-order valence-corrected chi connectivity index (χ4v) is 5.75. The zero-order valence-corrected chi connectivity index (χ0v) is 20.1. The first-order valence-electron chi connectivity index (χ1n) is 10.4. The Labute approximate surface area is 200 Å². The van der Waals surface area contributed by atoms with Gasteiger partial charge in [-0.25, -0.2) is 22.7 Å². The predicted molar refractivity (Wildman–Crippen MR) is 121 cm³/mol. The smallest absolute Gasteiger partial charge is 0.434 e. The van der Waals surface area contributed by atoms with Gasteiger partial charge in [-0.1, -0.05) is 30.7 Å². The molecule has 1 unspecified atom stereocenters. The van der Waals surface area contributed by atoms with Crippen molar-refractivity contribution in [2.75, 3.05) is 6.61 Å². The first-order chi connectivity index (χ1) is 15.9. The highest BCUT2D eigenvalue weighted by atomic mass is 35.5. The van der Waals surface area contributed by atoms with Gasteiger partial charge in [0.25, 0.3) is 0 Å². The highest BCUT2D eigenvalue weighted by Gasteiger charge is 2.38. The zero-order chi connectivity index (χ0) is 24.8. The number of aromatic amines is 1. The van der Waals surface area contributed by atoms with Gasteiger partial charge in [0.1, 0.15) is 22.5 Å². The molecule has 1 aromatic heterocycles. The van der Waals surface area contributed by atoms with E-state index in [-0.39, 0.29) is 28.7 Å². The molecule has 0 aliphatic carbocycles. The molecule has 4 rings (SSSR count). The molecule has 0 amide bonds. The molecule has 3 atom stereocenters. The molecule has 9 nitrogen and oxygen atoms in total. The van der Waals surface area contributed by atoms with Crippen LogP contribution in [0.5, 0.6) is 5.75 Å². The topological polar surface area (TPSA) is 135 Å². The van der Waals surface area contributed by atoms with Crippen LogP contribution in [0.2, 0.25) is 5.02 Å². The number of H-pyrrole nitrogens is 1. The summed E-state index contributed by atoms with van der Waals surface area (Å²) in [6.45, 7) is 4.86. The van der Waals surface area contributed by atoms with E-state index in [0.29, 0.717) is 22.6 Å². The van der Waals surface area contributed by atoms with Crippen LogP contribution >= 0.6 is 11.6 Å². The predicted octanol–water partition coefficient (Wildman–Crippen LogP) is 3.28. The molecule has 12 heteroatoms. The molecule has 0 fully saturated rings. The van der Waals surface area contributed by atoms with Crippen molar-refractivity contribution in [1.82, 2.24) is 14.9 Å². The second-order valence-electron chi connectivity index (χ2n) is 8.41. The molecule has 3 aromatic rings. The van der Waals surface area contributed by atoms with Gasteiger partial charge in [-0.2, -0.15) is 4.72 Å². The van der Waals surface area contributed by atoms with E-state index >= 15 is 0 Å². The van der Waals surface area contributed by atoms with Gasteiger partial charge in [0.15, 0.2) is 0 Å². The van der Waals surface area contributed by atoms with E-state index in [0.717, 1.165) is 0 Å². The second-order valence-corrected chi connectivity index (χ2v) is 10.5. The van der Waals surface area contributed by atoms with Gasteiger partial charge in [0.2, 0.25) is 15.9 Å². The fourth-order valence-electron chi connectivity index (χ4n) is 4.15. The fraction of sp³-hybridized carbons (Fsp3) is 0.364. The molecule has 1 aliphatic heterocycles. The number of nitrogens with one attached hydrogen (secondary N) is 2. The Bertz CT molecular complexity index is 1400. The summed E-state index contributed by atoms with van der Waals surface area (Å²) in [6, 6.07) is 5.70. The van der Waals surface area contributed by atoms with Gasteiger partial charge < -0.3 is 14.3 Å². The zero-order valence-electron chi connectivity index (χ0n) is 18.6. The van der Waals surface area contributed by atoms with E-state index in [1.165, 1.54) is 24.3 Å². The number of hydrogen-bond donors (Lipinski definition) is 3. The van der Waals surface area contributed by atoms with Crippen LogP contribution in [-0.2, 0) is 15.6 Å². The van der Waals surface area contributed by atoms with Crippen molar-refractivity contribution in [1.29, 1.82) is 0 Å². The highest BCUT2D eigenvalue weighted by Crippen LogP contribution is 2.42. The Morgan fingerprint density at radius 2 is 2.06 bits per heavy atom. The lowest BCUT2D eigenvalue weighted by Crippen LogP contribution is -2.35. The maximum atomic E-state index is 14.8. The molecular formula is C22H23ClFN3O6S. The number of aromatic nitrogens is 2. The number of para-hydroxylation sites is 1. The minimum absolute atomic E-state index is 0.0197. The summed E-state index contributed by atoms with van der Waals surface area (Å²) in [5, 5.41) is 16.9. The number of benzene rings is 2. The van der Waals surface area contributed by atoms with Crippen molar-refractivity contribution in [3.8, 4) is 5.75 Å². The van der Waals surface area contributed by atoms with Crippen molar-refractivity contribution in [2.45, 2.75) is 49.6 Å². The van der Waals surface area contributed by atoms with Gasteiger partial charge in [-0.3, -0.25) is 0 Å². The Balaban J connectivity index is 1.81. The molecule has 2 aromatic carbocycles. The molecule has 0 spiro atoms. The van der Waals surface area contributed by atoms with Crippen LogP contribution in [0, 0.1) is 12.7 Å². The number of sulfonamides is 1. The molecule has 3 N–H and O–H groups in total. The van der Waals surface area contributed by atoms with E-state index in [2.05, 4.69) is 14.9 Å². The van der Waals surface area contributed by atoms with Gasteiger partial charge in [0, 0.05) is 22.9 Å². The molecule has 0 bridgehead atoms. The lowest BCUT2D eigenvalue weighted by molar-refractivity contribution is 0.0134. The second kappa shape index (κ2) is 8.81. The number of aliphatic hydroxyl groups is 1. The summed E-state index contributed by atoms with van der Waals surface area (Å²) in [6.07, 6.45) is 0.294.